The largest absolute Gasteiger partial charge is 0.288 e. The minimum atomic E-state index is -0.592. The fourth-order valence-corrected chi connectivity index (χ4v) is 1.87. The van der Waals surface area contributed by atoms with Gasteiger partial charge in [-0.15, -0.1) is 0 Å². The predicted molar refractivity (Wildman–Crippen MR) is 70.8 cm³/mol. The summed E-state index contributed by atoms with van der Waals surface area (Å²) in [5, 5.41) is 0.282. The number of rotatable bonds is 2. The van der Waals surface area contributed by atoms with E-state index in [0.29, 0.717) is 5.56 Å². The van der Waals surface area contributed by atoms with Crippen LogP contribution in [0.15, 0.2) is 36.4 Å². The van der Waals surface area contributed by atoms with E-state index < -0.39 is 5.82 Å². The normalized spacial score (nSPS) is 10.4. The first-order chi connectivity index (χ1) is 8.49. The Bertz CT molecular complexity index is 620. The van der Waals surface area contributed by atoms with Crippen molar-refractivity contribution >= 4 is 17.4 Å². The SMILES string of the molecule is Cc1ccc(C(=O)c2ccc(Cl)cc2F)cc1C. The summed E-state index contributed by atoms with van der Waals surface area (Å²) in [5.74, 6) is -0.919. The molecule has 0 aliphatic carbocycles. The minimum absolute atomic E-state index is 0.0441. The van der Waals surface area contributed by atoms with Gasteiger partial charge in [-0.1, -0.05) is 23.7 Å². The van der Waals surface area contributed by atoms with Crippen LogP contribution >= 0.6 is 11.6 Å². The van der Waals surface area contributed by atoms with Crippen LogP contribution in [-0.2, 0) is 0 Å². The molecule has 0 saturated heterocycles. The maximum absolute atomic E-state index is 13.7. The molecule has 0 aliphatic rings. The predicted octanol–water partition coefficient (Wildman–Crippen LogP) is 4.33. The molecule has 0 atom stereocenters. The highest BCUT2D eigenvalue weighted by atomic mass is 35.5. The summed E-state index contributed by atoms with van der Waals surface area (Å²) in [5.41, 5.74) is 2.64. The third-order valence-electron chi connectivity index (χ3n) is 2.94. The highest BCUT2D eigenvalue weighted by Gasteiger charge is 2.14. The van der Waals surface area contributed by atoms with E-state index in [1.165, 1.54) is 12.1 Å². The molecule has 0 saturated carbocycles. The molecular weight excluding hydrogens is 251 g/mol. The number of ketones is 1. The van der Waals surface area contributed by atoms with E-state index >= 15 is 0 Å². The lowest BCUT2D eigenvalue weighted by Crippen LogP contribution is -2.04. The fraction of sp³-hybridized carbons (Fsp3) is 0.133. The van der Waals surface area contributed by atoms with E-state index in [1.807, 2.05) is 19.9 Å². The molecule has 92 valence electrons. The van der Waals surface area contributed by atoms with Crippen LogP contribution in [0.2, 0.25) is 5.02 Å². The third-order valence-corrected chi connectivity index (χ3v) is 3.18. The molecule has 0 N–H and O–H groups in total. The van der Waals surface area contributed by atoms with Gasteiger partial charge in [0.1, 0.15) is 5.82 Å². The summed E-state index contributed by atoms with van der Waals surface area (Å²) < 4.78 is 13.7. The summed E-state index contributed by atoms with van der Waals surface area (Å²) in [4.78, 5) is 12.2. The van der Waals surface area contributed by atoms with Crippen molar-refractivity contribution in [3.63, 3.8) is 0 Å². The number of hydrogen-bond donors (Lipinski definition) is 0. The molecular formula is C15H12ClFO. The molecule has 0 fully saturated rings. The molecule has 1 nitrogen and oxygen atoms in total. The van der Waals surface area contributed by atoms with Crippen molar-refractivity contribution in [3.05, 3.63) is 69.5 Å². The van der Waals surface area contributed by atoms with Crippen molar-refractivity contribution in [3.8, 4) is 0 Å². The van der Waals surface area contributed by atoms with Gasteiger partial charge in [0.15, 0.2) is 5.78 Å². The average Bonchev–Trinajstić information content (AvgIpc) is 2.32. The number of carbonyl (C=O) groups is 1. The minimum Gasteiger partial charge on any atom is -0.288 e. The fourth-order valence-electron chi connectivity index (χ4n) is 1.71. The van der Waals surface area contributed by atoms with Crippen LogP contribution in [-0.4, -0.2) is 5.78 Å². The van der Waals surface area contributed by atoms with Gasteiger partial charge in [0.25, 0.3) is 0 Å². The first kappa shape index (κ1) is 12.8. The second-order valence-electron chi connectivity index (χ2n) is 4.25. The molecule has 2 aromatic rings. The van der Waals surface area contributed by atoms with Gasteiger partial charge in [0, 0.05) is 10.6 Å². The van der Waals surface area contributed by atoms with Crippen LogP contribution in [0.4, 0.5) is 4.39 Å². The maximum Gasteiger partial charge on any atom is 0.195 e. The van der Waals surface area contributed by atoms with Gasteiger partial charge in [-0.05, 0) is 49.2 Å². The van der Waals surface area contributed by atoms with Crippen LogP contribution in [0, 0.1) is 19.7 Å². The Morgan fingerprint density at radius 2 is 1.78 bits per heavy atom. The zero-order chi connectivity index (χ0) is 13.3. The summed E-state index contributed by atoms with van der Waals surface area (Å²) in [6.07, 6.45) is 0. The maximum atomic E-state index is 13.7. The second-order valence-corrected chi connectivity index (χ2v) is 4.69. The smallest absolute Gasteiger partial charge is 0.195 e. The molecule has 3 heteroatoms. The first-order valence-electron chi connectivity index (χ1n) is 5.56. The third kappa shape index (κ3) is 2.44. The van der Waals surface area contributed by atoms with Crippen LogP contribution in [0.1, 0.15) is 27.0 Å². The van der Waals surface area contributed by atoms with Gasteiger partial charge >= 0.3 is 0 Å². The second kappa shape index (κ2) is 4.91. The Balaban J connectivity index is 2.44. The molecule has 0 heterocycles. The lowest BCUT2D eigenvalue weighted by molar-refractivity contribution is 0.103. The Labute approximate surface area is 110 Å². The van der Waals surface area contributed by atoms with Gasteiger partial charge in [-0.3, -0.25) is 4.79 Å². The molecule has 2 rings (SSSR count). The highest BCUT2D eigenvalue weighted by Crippen LogP contribution is 2.19. The van der Waals surface area contributed by atoms with Crippen molar-refractivity contribution < 1.29 is 9.18 Å². The summed E-state index contributed by atoms with van der Waals surface area (Å²) in [6, 6.07) is 9.41. The summed E-state index contributed by atoms with van der Waals surface area (Å²) in [7, 11) is 0. The summed E-state index contributed by atoms with van der Waals surface area (Å²) >= 11 is 5.66. The zero-order valence-electron chi connectivity index (χ0n) is 10.1. The molecule has 0 bridgehead atoms. The average molecular weight is 263 g/mol. The van der Waals surface area contributed by atoms with Crippen LogP contribution in [0.5, 0.6) is 0 Å². The molecule has 0 spiro atoms. The van der Waals surface area contributed by atoms with E-state index in [2.05, 4.69) is 0 Å². The first-order valence-corrected chi connectivity index (χ1v) is 5.94. The summed E-state index contributed by atoms with van der Waals surface area (Å²) in [6.45, 7) is 3.89. The van der Waals surface area contributed by atoms with Crippen molar-refractivity contribution in [1.82, 2.24) is 0 Å². The van der Waals surface area contributed by atoms with Gasteiger partial charge in [0.2, 0.25) is 0 Å². The number of benzene rings is 2. The van der Waals surface area contributed by atoms with E-state index in [4.69, 9.17) is 11.6 Å². The standard InChI is InChI=1S/C15H12ClFO/c1-9-3-4-11(7-10(9)2)15(18)13-6-5-12(16)8-14(13)17/h3-8H,1-2H3. The van der Waals surface area contributed by atoms with Gasteiger partial charge in [-0.2, -0.15) is 0 Å². The Morgan fingerprint density at radius 1 is 1.06 bits per heavy atom. The topological polar surface area (TPSA) is 17.1 Å². The van der Waals surface area contributed by atoms with E-state index in [1.54, 1.807) is 12.1 Å². The Kier molecular flexibility index (Phi) is 3.48. The van der Waals surface area contributed by atoms with Crippen LogP contribution in [0.3, 0.4) is 0 Å². The van der Waals surface area contributed by atoms with Gasteiger partial charge in [0.05, 0.1) is 5.56 Å². The molecule has 0 aliphatic heterocycles. The van der Waals surface area contributed by atoms with E-state index in [9.17, 15) is 9.18 Å². The number of halogens is 2. The molecule has 18 heavy (non-hydrogen) atoms. The molecule has 0 radical (unpaired) electrons. The van der Waals surface area contributed by atoms with Crippen molar-refractivity contribution in [2.45, 2.75) is 13.8 Å². The molecule has 2 aromatic carbocycles. The Morgan fingerprint density at radius 3 is 2.39 bits per heavy atom. The van der Waals surface area contributed by atoms with Crippen molar-refractivity contribution in [2.24, 2.45) is 0 Å². The van der Waals surface area contributed by atoms with Crippen molar-refractivity contribution in [2.75, 3.05) is 0 Å². The number of aryl methyl sites for hydroxylation is 2. The highest BCUT2D eigenvalue weighted by molar-refractivity contribution is 6.30. The number of hydrogen-bond acceptors (Lipinski definition) is 1. The van der Waals surface area contributed by atoms with Crippen molar-refractivity contribution in [1.29, 1.82) is 0 Å². The van der Waals surface area contributed by atoms with E-state index in [-0.39, 0.29) is 16.4 Å². The lowest BCUT2D eigenvalue weighted by atomic mass is 9.99. The van der Waals surface area contributed by atoms with Crippen LogP contribution in [0.25, 0.3) is 0 Å². The van der Waals surface area contributed by atoms with Crippen LogP contribution < -0.4 is 0 Å². The zero-order valence-corrected chi connectivity index (χ0v) is 10.9. The number of carbonyl (C=O) groups excluding carboxylic acids is 1. The molecule has 0 unspecified atom stereocenters. The molecule has 0 amide bonds. The van der Waals surface area contributed by atoms with Gasteiger partial charge < -0.3 is 0 Å². The quantitative estimate of drug-likeness (QED) is 0.737. The monoisotopic (exact) mass is 262 g/mol. The Hall–Kier alpha value is -1.67. The lowest BCUT2D eigenvalue weighted by Gasteiger charge is -2.06. The molecule has 0 aromatic heterocycles. The van der Waals surface area contributed by atoms with E-state index in [0.717, 1.165) is 17.2 Å². The van der Waals surface area contributed by atoms with Gasteiger partial charge in [-0.25, -0.2) is 4.39 Å².